The molecule has 14 heavy (non-hydrogen) atoms. The third-order valence-electron chi connectivity index (χ3n) is 2.62. The second-order valence-corrected chi connectivity index (χ2v) is 3.82. The quantitative estimate of drug-likeness (QED) is 0.802. The summed E-state index contributed by atoms with van der Waals surface area (Å²) in [6.45, 7) is 3.85. The van der Waals surface area contributed by atoms with E-state index in [1.165, 1.54) is 6.42 Å². The number of rotatable bonds is 3. The lowest BCUT2D eigenvalue weighted by molar-refractivity contribution is 0.0661. The summed E-state index contributed by atoms with van der Waals surface area (Å²) in [5, 5.41) is 3.50. The van der Waals surface area contributed by atoms with Gasteiger partial charge in [-0.25, -0.2) is 0 Å². The van der Waals surface area contributed by atoms with Crippen molar-refractivity contribution >= 4 is 0 Å². The molecule has 2 heterocycles. The molecule has 1 aliphatic heterocycles. The maximum absolute atomic E-state index is 5.41. The SMILES string of the molecule is CC(NC1CCCOC1)c1ccco1. The monoisotopic (exact) mass is 195 g/mol. The van der Waals surface area contributed by atoms with E-state index in [0.717, 1.165) is 25.4 Å². The van der Waals surface area contributed by atoms with Crippen molar-refractivity contribution in [2.45, 2.75) is 31.8 Å². The Balaban J connectivity index is 1.84. The molecule has 1 aromatic heterocycles. The highest BCUT2D eigenvalue weighted by Crippen LogP contribution is 2.15. The standard InChI is InChI=1S/C11H17NO2/c1-9(11-5-3-7-14-11)12-10-4-2-6-13-8-10/h3,5,7,9-10,12H,2,4,6,8H2,1H3. The first-order valence-electron chi connectivity index (χ1n) is 5.23. The van der Waals surface area contributed by atoms with Crippen molar-refractivity contribution in [1.29, 1.82) is 0 Å². The lowest BCUT2D eigenvalue weighted by atomic mass is 10.1. The van der Waals surface area contributed by atoms with Crippen LogP contribution >= 0.6 is 0 Å². The third kappa shape index (κ3) is 2.36. The molecule has 1 N–H and O–H groups in total. The van der Waals surface area contributed by atoms with E-state index in [4.69, 9.17) is 9.15 Å². The van der Waals surface area contributed by atoms with Crippen LogP contribution in [0.1, 0.15) is 31.6 Å². The van der Waals surface area contributed by atoms with Gasteiger partial charge in [-0.2, -0.15) is 0 Å². The summed E-state index contributed by atoms with van der Waals surface area (Å²) in [6.07, 6.45) is 4.07. The Morgan fingerprint density at radius 2 is 2.50 bits per heavy atom. The van der Waals surface area contributed by atoms with Gasteiger partial charge in [0.05, 0.1) is 18.9 Å². The van der Waals surface area contributed by atoms with Gasteiger partial charge < -0.3 is 14.5 Å². The average Bonchev–Trinajstić information content (AvgIpc) is 2.72. The highest BCUT2D eigenvalue weighted by molar-refractivity contribution is 5.03. The number of hydrogen-bond acceptors (Lipinski definition) is 3. The lowest BCUT2D eigenvalue weighted by Crippen LogP contribution is -2.38. The minimum Gasteiger partial charge on any atom is -0.468 e. The Morgan fingerprint density at radius 3 is 3.14 bits per heavy atom. The summed E-state index contributed by atoms with van der Waals surface area (Å²) in [7, 11) is 0. The smallest absolute Gasteiger partial charge is 0.120 e. The second-order valence-electron chi connectivity index (χ2n) is 3.82. The molecule has 3 heteroatoms. The van der Waals surface area contributed by atoms with Crippen molar-refractivity contribution in [3.05, 3.63) is 24.2 Å². The van der Waals surface area contributed by atoms with E-state index >= 15 is 0 Å². The van der Waals surface area contributed by atoms with E-state index in [-0.39, 0.29) is 6.04 Å². The van der Waals surface area contributed by atoms with Gasteiger partial charge in [0.25, 0.3) is 0 Å². The average molecular weight is 195 g/mol. The molecule has 0 spiro atoms. The van der Waals surface area contributed by atoms with Crippen LogP contribution in [0.25, 0.3) is 0 Å². The largest absolute Gasteiger partial charge is 0.468 e. The highest BCUT2D eigenvalue weighted by atomic mass is 16.5. The van der Waals surface area contributed by atoms with Crippen LogP contribution in [0.4, 0.5) is 0 Å². The van der Waals surface area contributed by atoms with Gasteiger partial charge >= 0.3 is 0 Å². The van der Waals surface area contributed by atoms with Gasteiger partial charge in [0.1, 0.15) is 5.76 Å². The normalized spacial score (nSPS) is 24.8. The zero-order chi connectivity index (χ0) is 9.80. The number of nitrogens with one attached hydrogen (secondary N) is 1. The highest BCUT2D eigenvalue weighted by Gasteiger charge is 2.17. The Kier molecular flexibility index (Phi) is 3.22. The summed E-state index contributed by atoms with van der Waals surface area (Å²) < 4.78 is 10.7. The maximum Gasteiger partial charge on any atom is 0.120 e. The van der Waals surface area contributed by atoms with Crippen LogP contribution < -0.4 is 5.32 Å². The van der Waals surface area contributed by atoms with E-state index in [2.05, 4.69) is 12.2 Å². The Bertz CT molecular complexity index is 252. The molecule has 0 aliphatic carbocycles. The molecule has 1 aromatic rings. The molecular weight excluding hydrogens is 178 g/mol. The maximum atomic E-state index is 5.41. The first kappa shape index (κ1) is 9.74. The van der Waals surface area contributed by atoms with Gasteiger partial charge in [-0.15, -0.1) is 0 Å². The molecular formula is C11H17NO2. The fourth-order valence-corrected chi connectivity index (χ4v) is 1.85. The minimum atomic E-state index is 0.275. The van der Waals surface area contributed by atoms with E-state index in [9.17, 15) is 0 Å². The molecule has 0 bridgehead atoms. The Labute approximate surface area is 84.4 Å². The second kappa shape index (κ2) is 4.62. The van der Waals surface area contributed by atoms with Crippen molar-refractivity contribution in [3.8, 4) is 0 Å². The number of furan rings is 1. The van der Waals surface area contributed by atoms with E-state index < -0.39 is 0 Å². The molecule has 1 fully saturated rings. The van der Waals surface area contributed by atoms with Crippen molar-refractivity contribution in [3.63, 3.8) is 0 Å². The van der Waals surface area contributed by atoms with Crippen molar-refractivity contribution in [2.75, 3.05) is 13.2 Å². The van der Waals surface area contributed by atoms with Crippen LogP contribution in [0.3, 0.4) is 0 Å². The number of ether oxygens (including phenoxy) is 1. The predicted molar refractivity (Wildman–Crippen MR) is 54.1 cm³/mol. The van der Waals surface area contributed by atoms with Gasteiger partial charge in [-0.1, -0.05) is 0 Å². The zero-order valence-corrected chi connectivity index (χ0v) is 8.53. The molecule has 2 unspecified atom stereocenters. The van der Waals surface area contributed by atoms with Gasteiger partial charge in [0.15, 0.2) is 0 Å². The van der Waals surface area contributed by atoms with Crippen molar-refractivity contribution < 1.29 is 9.15 Å². The minimum absolute atomic E-state index is 0.275. The van der Waals surface area contributed by atoms with Crippen molar-refractivity contribution in [2.24, 2.45) is 0 Å². The number of hydrogen-bond donors (Lipinski definition) is 1. The fraction of sp³-hybridized carbons (Fsp3) is 0.636. The predicted octanol–water partition coefficient (Wildman–Crippen LogP) is 2.11. The lowest BCUT2D eigenvalue weighted by Gasteiger charge is -2.25. The molecule has 0 saturated carbocycles. The molecule has 2 atom stereocenters. The van der Waals surface area contributed by atoms with Gasteiger partial charge in [-0.05, 0) is 31.9 Å². The van der Waals surface area contributed by atoms with Gasteiger partial charge in [-0.3, -0.25) is 0 Å². The summed E-state index contributed by atoms with van der Waals surface area (Å²) in [5.74, 6) is 0.996. The summed E-state index contributed by atoms with van der Waals surface area (Å²) in [5.41, 5.74) is 0. The van der Waals surface area contributed by atoms with Crippen LogP contribution in [-0.2, 0) is 4.74 Å². The fourth-order valence-electron chi connectivity index (χ4n) is 1.85. The van der Waals surface area contributed by atoms with Crippen LogP contribution in [0.15, 0.2) is 22.8 Å². The third-order valence-corrected chi connectivity index (χ3v) is 2.62. The van der Waals surface area contributed by atoms with E-state index in [1.54, 1.807) is 6.26 Å². The van der Waals surface area contributed by atoms with Crippen LogP contribution in [-0.4, -0.2) is 19.3 Å². The molecule has 78 valence electrons. The molecule has 0 radical (unpaired) electrons. The molecule has 1 saturated heterocycles. The molecule has 0 aromatic carbocycles. The molecule has 0 amide bonds. The molecule has 3 nitrogen and oxygen atoms in total. The Hall–Kier alpha value is -0.800. The molecule has 2 rings (SSSR count). The first-order valence-corrected chi connectivity index (χ1v) is 5.23. The van der Waals surface area contributed by atoms with Crippen LogP contribution in [0, 0.1) is 0 Å². The van der Waals surface area contributed by atoms with Crippen LogP contribution in [0.5, 0.6) is 0 Å². The first-order chi connectivity index (χ1) is 6.86. The van der Waals surface area contributed by atoms with Gasteiger partial charge in [0, 0.05) is 12.6 Å². The summed E-state index contributed by atoms with van der Waals surface area (Å²) >= 11 is 0. The van der Waals surface area contributed by atoms with Crippen LogP contribution in [0.2, 0.25) is 0 Å². The van der Waals surface area contributed by atoms with E-state index in [0.29, 0.717) is 6.04 Å². The summed E-state index contributed by atoms with van der Waals surface area (Å²) in [6, 6.07) is 4.67. The topological polar surface area (TPSA) is 34.4 Å². The van der Waals surface area contributed by atoms with E-state index in [1.807, 2.05) is 12.1 Å². The zero-order valence-electron chi connectivity index (χ0n) is 8.53. The summed E-state index contributed by atoms with van der Waals surface area (Å²) in [4.78, 5) is 0. The Morgan fingerprint density at radius 1 is 1.57 bits per heavy atom. The van der Waals surface area contributed by atoms with Gasteiger partial charge in [0.2, 0.25) is 0 Å². The molecule has 1 aliphatic rings. The van der Waals surface area contributed by atoms with Crippen molar-refractivity contribution in [1.82, 2.24) is 5.32 Å².